The molecule has 7 aromatic rings. The van der Waals surface area contributed by atoms with Crippen molar-refractivity contribution >= 4 is 42.0 Å². The fourth-order valence-corrected chi connectivity index (χ4v) is 10.9. The molecule has 0 spiro atoms. The second-order valence-corrected chi connectivity index (χ2v) is 18.9. The molecule has 3 heterocycles. The predicted molar refractivity (Wildman–Crippen MR) is 268 cm³/mol. The molecule has 0 radical (unpaired) electrons. The summed E-state index contributed by atoms with van der Waals surface area (Å²) < 4.78 is 48.3. The van der Waals surface area contributed by atoms with Gasteiger partial charge in [0.25, 0.3) is 14.2 Å². The van der Waals surface area contributed by atoms with Crippen LogP contribution in [0.25, 0.3) is 21.9 Å². The van der Waals surface area contributed by atoms with E-state index in [0.717, 1.165) is 22.1 Å². The van der Waals surface area contributed by atoms with Crippen LogP contribution in [0.1, 0.15) is 82.0 Å². The van der Waals surface area contributed by atoms with Gasteiger partial charge in [0.15, 0.2) is 0 Å². The molecule has 16 nitrogen and oxygen atoms in total. The molecule has 5 aromatic carbocycles. The van der Waals surface area contributed by atoms with Gasteiger partial charge in [0.05, 0.1) is 62.6 Å². The van der Waals surface area contributed by atoms with Gasteiger partial charge in [-0.1, -0.05) is 72.8 Å². The average Bonchev–Trinajstić information content (AvgIpc) is 3.94. The van der Waals surface area contributed by atoms with Gasteiger partial charge < -0.3 is 37.7 Å². The third kappa shape index (κ3) is 10.4. The third-order valence-corrected chi connectivity index (χ3v) is 14.6. The van der Waals surface area contributed by atoms with Gasteiger partial charge in [-0.3, -0.25) is 14.7 Å². The van der Waals surface area contributed by atoms with Gasteiger partial charge in [-0.05, 0) is 93.8 Å². The van der Waals surface area contributed by atoms with Crippen LogP contribution in [-0.2, 0) is 24.1 Å². The summed E-state index contributed by atoms with van der Waals surface area (Å²) in [5, 5.41) is 26.5. The third-order valence-electron chi connectivity index (χ3n) is 12.4. The first-order valence-electron chi connectivity index (χ1n) is 23.2. The molecule has 1 saturated heterocycles. The Morgan fingerprint density at radius 2 is 1.50 bits per heavy atom. The molecule has 70 heavy (non-hydrogen) atoms. The van der Waals surface area contributed by atoms with E-state index in [4.69, 9.17) is 32.4 Å². The number of methoxy groups -OCH3 is 2. The number of benzene rings is 5. The predicted octanol–water partition coefficient (Wildman–Crippen LogP) is 11.2. The Labute approximate surface area is 407 Å². The zero-order valence-corrected chi connectivity index (χ0v) is 41.1. The van der Waals surface area contributed by atoms with E-state index in [1.807, 2.05) is 103 Å². The quantitative estimate of drug-likeness (QED) is 0.0236. The van der Waals surface area contributed by atoms with Crippen LogP contribution in [0, 0.1) is 21.4 Å². The van der Waals surface area contributed by atoms with E-state index in [2.05, 4.69) is 48.7 Å². The van der Waals surface area contributed by atoms with E-state index in [1.165, 1.54) is 10.6 Å². The van der Waals surface area contributed by atoms with E-state index >= 15 is 0 Å². The number of furan rings is 1. The Morgan fingerprint density at radius 3 is 2.10 bits per heavy atom. The van der Waals surface area contributed by atoms with Crippen molar-refractivity contribution in [1.82, 2.24) is 14.2 Å². The van der Waals surface area contributed by atoms with Crippen LogP contribution in [0.4, 0.5) is 11.5 Å². The van der Waals surface area contributed by atoms with Gasteiger partial charge in [0, 0.05) is 41.5 Å². The summed E-state index contributed by atoms with van der Waals surface area (Å²) in [7, 11) is 1.50. The van der Waals surface area contributed by atoms with E-state index in [0.29, 0.717) is 33.6 Å². The van der Waals surface area contributed by atoms with Gasteiger partial charge in [-0.15, -0.1) is 0 Å². The van der Waals surface area contributed by atoms with Crippen LogP contribution in [0.2, 0.25) is 0 Å². The maximum atomic E-state index is 14.1. The highest BCUT2D eigenvalue weighted by Crippen LogP contribution is 2.51. The van der Waals surface area contributed by atoms with Crippen LogP contribution in [0.5, 0.6) is 11.5 Å². The lowest BCUT2D eigenvalue weighted by atomic mass is 9.80. The molecule has 1 fully saturated rings. The van der Waals surface area contributed by atoms with E-state index in [-0.39, 0.29) is 49.6 Å². The lowest BCUT2D eigenvalue weighted by molar-refractivity contribution is -0.385. The molecule has 2 aromatic heterocycles. The second kappa shape index (κ2) is 21.9. The standard InChI is InChI=1S/C53H57N6O10P/c1-34(2)58(35(3)4)70(66-29-13-27-54)69-48-32-51(57-28-26-50(56-52(57)60)55-36(5)43-31-47-44(30-45(43)59(61)62)42-16-11-12-17-46(42)67-47)68-49(48)33-65-53(37-14-9-8-10-15-37,38-18-22-40(63-6)23-19-38)39-20-24-41(64-7)25-21-39/h8-12,14-26,28,30-31,34-36,48-49,51H,13,29,32-33H2,1-7H3,(H,55,56,60)/t36?,48-,49+,51+,70?/m0/s1. The fourth-order valence-electron chi connectivity index (χ4n) is 9.12. The molecule has 1 aliphatic heterocycles. The zero-order valence-electron chi connectivity index (χ0n) is 40.2. The average molecular weight is 969 g/mol. The number of rotatable bonds is 21. The number of hydrogen-bond donors (Lipinski definition) is 1. The van der Waals surface area contributed by atoms with Gasteiger partial charge in [-0.25, -0.2) is 9.46 Å². The minimum absolute atomic E-state index is 0.00741. The highest BCUT2D eigenvalue weighted by atomic mass is 31.2. The number of nitriles is 1. The first-order valence-corrected chi connectivity index (χ1v) is 24.3. The van der Waals surface area contributed by atoms with E-state index in [1.54, 1.807) is 39.5 Å². The largest absolute Gasteiger partial charge is 0.497 e. The Morgan fingerprint density at radius 1 is 0.871 bits per heavy atom. The number of para-hydroxylation sites is 1. The van der Waals surface area contributed by atoms with Gasteiger partial charge in [0.1, 0.15) is 46.4 Å². The molecule has 0 amide bonds. The Kier molecular flexibility index (Phi) is 15.6. The van der Waals surface area contributed by atoms with Gasteiger partial charge >= 0.3 is 5.69 Å². The first kappa shape index (κ1) is 49.7. The monoisotopic (exact) mass is 968 g/mol. The molecule has 364 valence electrons. The molecule has 17 heteroatoms. The number of aromatic nitrogens is 2. The molecule has 0 aliphatic carbocycles. The smallest absolute Gasteiger partial charge is 0.351 e. The minimum atomic E-state index is -1.74. The second-order valence-electron chi connectivity index (χ2n) is 17.5. The topological polar surface area (TPSA) is 186 Å². The number of nitrogens with zero attached hydrogens (tertiary/aromatic N) is 5. The fraction of sp³-hybridized carbons (Fsp3) is 0.340. The zero-order chi connectivity index (χ0) is 49.5. The van der Waals surface area contributed by atoms with Crippen LogP contribution >= 0.6 is 8.53 Å². The van der Waals surface area contributed by atoms with Crippen LogP contribution in [0.3, 0.4) is 0 Å². The minimum Gasteiger partial charge on any atom is -0.497 e. The van der Waals surface area contributed by atoms with Crippen molar-refractivity contribution in [3.63, 3.8) is 0 Å². The van der Waals surface area contributed by atoms with Crippen molar-refractivity contribution in [2.45, 2.75) is 89.6 Å². The Bertz CT molecular complexity index is 2940. The number of anilines is 1. The van der Waals surface area contributed by atoms with Crippen LogP contribution in [-0.4, -0.2) is 70.9 Å². The Balaban J connectivity index is 1.14. The van der Waals surface area contributed by atoms with Crippen molar-refractivity contribution in [3.8, 4) is 17.6 Å². The molecular weight excluding hydrogens is 912 g/mol. The number of nitrogens with one attached hydrogen (secondary N) is 1. The highest BCUT2D eigenvalue weighted by Gasteiger charge is 2.45. The molecule has 1 N–H and O–H groups in total. The van der Waals surface area contributed by atoms with Crippen molar-refractivity contribution in [2.24, 2.45) is 0 Å². The maximum absolute atomic E-state index is 14.1. The number of nitro benzene ring substituents is 1. The number of ether oxygens (including phenoxy) is 4. The normalized spacial score (nSPS) is 17.0. The number of nitro groups is 1. The summed E-state index contributed by atoms with van der Waals surface area (Å²) in [6.07, 6.45) is -0.289. The van der Waals surface area contributed by atoms with Crippen molar-refractivity contribution in [1.29, 1.82) is 5.26 Å². The summed E-state index contributed by atoms with van der Waals surface area (Å²) in [6.45, 7) is 10.2. The molecule has 0 bridgehead atoms. The molecular formula is C53H57N6O10P. The summed E-state index contributed by atoms with van der Waals surface area (Å²) in [5.41, 5.74) is 2.10. The van der Waals surface area contributed by atoms with E-state index in [9.17, 15) is 20.2 Å². The van der Waals surface area contributed by atoms with Crippen LogP contribution in [0.15, 0.2) is 137 Å². The van der Waals surface area contributed by atoms with Crippen molar-refractivity contribution < 1.29 is 37.3 Å². The first-order chi connectivity index (χ1) is 33.8. The molecule has 2 unspecified atom stereocenters. The lowest BCUT2D eigenvalue weighted by Crippen LogP contribution is -2.39. The number of fused-ring (bicyclic) bond motifs is 3. The van der Waals surface area contributed by atoms with Gasteiger partial charge in [0.2, 0.25) is 0 Å². The summed E-state index contributed by atoms with van der Waals surface area (Å²) in [6, 6.07) is 39.2. The maximum Gasteiger partial charge on any atom is 0.351 e. The molecule has 1 aliphatic rings. The van der Waals surface area contributed by atoms with Crippen molar-refractivity contribution in [2.75, 3.05) is 32.8 Å². The van der Waals surface area contributed by atoms with Crippen molar-refractivity contribution in [3.05, 3.63) is 170 Å². The Hall–Kier alpha value is -6.70. The number of hydrogen-bond acceptors (Lipinski definition) is 14. The molecule has 0 saturated carbocycles. The lowest BCUT2D eigenvalue weighted by Gasteiger charge is -2.39. The molecule has 5 atom stereocenters. The van der Waals surface area contributed by atoms with Gasteiger partial charge in [-0.2, -0.15) is 10.2 Å². The highest BCUT2D eigenvalue weighted by molar-refractivity contribution is 7.44. The molecule has 8 rings (SSSR count). The summed E-state index contributed by atoms with van der Waals surface area (Å²) >= 11 is 0. The SMILES string of the molecule is COc1ccc(C(OC[C@H]2O[C@@H](n3ccc(NC(C)c4cc5oc6ccccc6c5cc4[N+](=O)[O-])nc3=O)C[C@@H]2OP(OCCC#N)N(C(C)C)C(C)C)(c2ccccc2)c2ccc(OC)cc2)cc1. The van der Waals surface area contributed by atoms with E-state index < -0.39 is 49.2 Å². The summed E-state index contributed by atoms with van der Waals surface area (Å²) in [5.74, 6) is 1.57. The summed E-state index contributed by atoms with van der Waals surface area (Å²) in [4.78, 5) is 30.5. The van der Waals surface area contributed by atoms with Crippen LogP contribution < -0.4 is 20.5 Å².